The molecule has 7 heteroatoms. The molecular formula is C23H33ClN2O4. The zero-order valence-electron chi connectivity index (χ0n) is 17.5. The number of carbonyl (C=O) groups is 1. The minimum Gasteiger partial charge on any atom is -0.389 e. The van der Waals surface area contributed by atoms with Gasteiger partial charge in [-0.25, -0.2) is 0 Å². The highest BCUT2D eigenvalue weighted by molar-refractivity contribution is 6.30. The van der Waals surface area contributed by atoms with Crippen molar-refractivity contribution in [2.45, 2.75) is 69.4 Å². The molecule has 1 aromatic rings. The lowest BCUT2D eigenvalue weighted by molar-refractivity contribution is -0.161. The fourth-order valence-electron chi connectivity index (χ4n) is 4.96. The minimum absolute atomic E-state index is 0.0540. The Bertz CT molecular complexity index is 712. The summed E-state index contributed by atoms with van der Waals surface area (Å²) in [6.07, 6.45) is 5.00. The molecule has 0 spiro atoms. The summed E-state index contributed by atoms with van der Waals surface area (Å²) >= 11 is 6.17. The maximum atomic E-state index is 12.7. The molecular weight excluding hydrogens is 404 g/mol. The Hall–Kier alpha value is -1.18. The third-order valence-electron chi connectivity index (χ3n) is 6.47. The van der Waals surface area contributed by atoms with Crippen molar-refractivity contribution in [1.82, 2.24) is 9.80 Å². The van der Waals surface area contributed by atoms with Crippen LogP contribution >= 0.6 is 11.6 Å². The van der Waals surface area contributed by atoms with E-state index in [1.165, 1.54) is 6.42 Å². The molecule has 4 rings (SSSR count). The predicted molar refractivity (Wildman–Crippen MR) is 115 cm³/mol. The number of hydrogen-bond acceptors (Lipinski definition) is 5. The van der Waals surface area contributed by atoms with E-state index in [0.717, 1.165) is 49.4 Å². The van der Waals surface area contributed by atoms with Crippen molar-refractivity contribution < 1.29 is 19.4 Å². The van der Waals surface area contributed by atoms with Gasteiger partial charge in [-0.3, -0.25) is 9.69 Å². The van der Waals surface area contributed by atoms with E-state index >= 15 is 0 Å². The smallest absolute Gasteiger partial charge is 0.225 e. The standard InChI is InChI=1S/C23H33ClN2O4/c24-18-6-4-5-17(11-18)13-26-14-19(27)15-29-16-22-21(26)8-7-20(30-22)12-23(28)25-9-2-1-3-10-25/h4-6,11,19-22,27H,1-3,7-10,12-16H2/t19-,20+,21+,22-/m1/s1. The van der Waals surface area contributed by atoms with Crippen LogP contribution in [0.25, 0.3) is 0 Å². The number of piperidine rings is 1. The van der Waals surface area contributed by atoms with Crippen molar-refractivity contribution in [3.63, 3.8) is 0 Å². The molecule has 1 N–H and O–H groups in total. The average molecular weight is 437 g/mol. The van der Waals surface area contributed by atoms with Crippen LogP contribution in [-0.2, 0) is 20.8 Å². The van der Waals surface area contributed by atoms with Crippen molar-refractivity contribution >= 4 is 17.5 Å². The van der Waals surface area contributed by atoms with Gasteiger partial charge in [0, 0.05) is 37.2 Å². The van der Waals surface area contributed by atoms with E-state index in [1.807, 2.05) is 23.1 Å². The van der Waals surface area contributed by atoms with Gasteiger partial charge < -0.3 is 19.5 Å². The molecule has 3 heterocycles. The summed E-state index contributed by atoms with van der Waals surface area (Å²) in [4.78, 5) is 17.0. The van der Waals surface area contributed by atoms with Crippen molar-refractivity contribution in [3.8, 4) is 0 Å². The zero-order chi connectivity index (χ0) is 20.9. The number of aliphatic hydroxyl groups is 1. The Morgan fingerprint density at radius 1 is 1.17 bits per heavy atom. The summed E-state index contributed by atoms with van der Waals surface area (Å²) in [7, 11) is 0. The molecule has 1 amide bonds. The second-order valence-electron chi connectivity index (χ2n) is 8.84. The number of likely N-dealkylation sites (tertiary alicyclic amines) is 1. The molecule has 0 bridgehead atoms. The Labute approximate surface area is 184 Å². The summed E-state index contributed by atoms with van der Waals surface area (Å²) in [5.41, 5.74) is 1.12. The molecule has 3 aliphatic heterocycles. The van der Waals surface area contributed by atoms with E-state index in [-0.39, 0.29) is 24.2 Å². The zero-order valence-corrected chi connectivity index (χ0v) is 18.3. The maximum Gasteiger partial charge on any atom is 0.225 e. The number of fused-ring (bicyclic) bond motifs is 1. The van der Waals surface area contributed by atoms with Crippen LogP contribution in [0.4, 0.5) is 0 Å². The number of β-amino-alcohol motifs (C(OH)–C–C–N with tert-alkyl or cyclic N) is 1. The van der Waals surface area contributed by atoms with E-state index in [4.69, 9.17) is 21.1 Å². The largest absolute Gasteiger partial charge is 0.389 e. The highest BCUT2D eigenvalue weighted by Crippen LogP contribution is 2.29. The van der Waals surface area contributed by atoms with Crippen LogP contribution in [0.1, 0.15) is 44.1 Å². The topological polar surface area (TPSA) is 62.2 Å². The van der Waals surface area contributed by atoms with Gasteiger partial charge in [0.15, 0.2) is 0 Å². The second kappa shape index (κ2) is 10.4. The number of halogens is 1. The average Bonchev–Trinajstić information content (AvgIpc) is 2.73. The molecule has 3 aliphatic rings. The van der Waals surface area contributed by atoms with Crippen LogP contribution in [0.2, 0.25) is 5.02 Å². The second-order valence-corrected chi connectivity index (χ2v) is 9.27. The van der Waals surface area contributed by atoms with Crippen LogP contribution in [0.5, 0.6) is 0 Å². The van der Waals surface area contributed by atoms with E-state index in [2.05, 4.69) is 11.0 Å². The molecule has 3 saturated heterocycles. The first-order valence-corrected chi connectivity index (χ1v) is 11.6. The third-order valence-corrected chi connectivity index (χ3v) is 6.71. The van der Waals surface area contributed by atoms with Gasteiger partial charge in [-0.05, 0) is 49.8 Å². The van der Waals surface area contributed by atoms with Crippen molar-refractivity contribution in [3.05, 3.63) is 34.9 Å². The number of benzene rings is 1. The SMILES string of the molecule is O=C(C[C@@H]1CC[C@H]2[C@@H](COC[C@H](O)CN2Cc2cccc(Cl)c2)O1)N1CCCCC1. The van der Waals surface area contributed by atoms with Gasteiger partial charge in [0.25, 0.3) is 0 Å². The number of ether oxygens (including phenoxy) is 2. The van der Waals surface area contributed by atoms with Crippen molar-refractivity contribution in [1.29, 1.82) is 0 Å². The lowest BCUT2D eigenvalue weighted by Crippen LogP contribution is -2.55. The molecule has 0 unspecified atom stereocenters. The van der Waals surface area contributed by atoms with Gasteiger partial charge in [-0.15, -0.1) is 0 Å². The third kappa shape index (κ3) is 5.74. The van der Waals surface area contributed by atoms with Gasteiger partial charge in [0.1, 0.15) is 0 Å². The van der Waals surface area contributed by atoms with Gasteiger partial charge in [0.2, 0.25) is 5.91 Å². The Morgan fingerprint density at radius 2 is 2.00 bits per heavy atom. The Morgan fingerprint density at radius 3 is 2.80 bits per heavy atom. The molecule has 0 aliphatic carbocycles. The summed E-state index contributed by atoms with van der Waals surface area (Å²) in [6.45, 7) is 3.75. The Kier molecular flexibility index (Phi) is 7.65. The van der Waals surface area contributed by atoms with Gasteiger partial charge >= 0.3 is 0 Å². The number of hydrogen-bond donors (Lipinski definition) is 1. The molecule has 4 atom stereocenters. The Balaban J connectivity index is 1.40. The first-order valence-electron chi connectivity index (χ1n) is 11.3. The first-order chi connectivity index (χ1) is 14.6. The molecule has 0 radical (unpaired) electrons. The van der Waals surface area contributed by atoms with Gasteiger partial charge in [-0.1, -0.05) is 23.7 Å². The quantitative estimate of drug-likeness (QED) is 0.786. The number of nitrogens with zero attached hydrogens (tertiary/aromatic N) is 2. The number of aliphatic hydroxyl groups excluding tert-OH is 1. The van der Waals surface area contributed by atoms with Crippen LogP contribution in [0, 0.1) is 0 Å². The minimum atomic E-state index is -0.525. The van der Waals surface area contributed by atoms with E-state index in [0.29, 0.717) is 32.7 Å². The van der Waals surface area contributed by atoms with Crippen molar-refractivity contribution in [2.75, 3.05) is 32.8 Å². The normalized spacial score (nSPS) is 30.9. The molecule has 30 heavy (non-hydrogen) atoms. The number of amides is 1. The molecule has 1 aromatic carbocycles. The maximum absolute atomic E-state index is 12.7. The summed E-state index contributed by atoms with van der Waals surface area (Å²) in [6, 6.07) is 8.02. The molecule has 6 nitrogen and oxygen atoms in total. The van der Waals surface area contributed by atoms with Crippen LogP contribution in [-0.4, -0.2) is 78.0 Å². The summed E-state index contributed by atoms with van der Waals surface area (Å²) in [5.74, 6) is 0.219. The van der Waals surface area contributed by atoms with Crippen LogP contribution in [0.15, 0.2) is 24.3 Å². The number of carbonyl (C=O) groups excluding carboxylic acids is 1. The van der Waals surface area contributed by atoms with Gasteiger partial charge in [0.05, 0.1) is 37.9 Å². The van der Waals surface area contributed by atoms with Gasteiger partial charge in [-0.2, -0.15) is 0 Å². The monoisotopic (exact) mass is 436 g/mol. The molecule has 166 valence electrons. The fourth-order valence-corrected chi connectivity index (χ4v) is 5.18. The first kappa shape index (κ1) is 22.0. The molecule has 3 fully saturated rings. The fraction of sp³-hybridized carbons (Fsp3) is 0.696. The number of rotatable bonds is 4. The highest BCUT2D eigenvalue weighted by atomic mass is 35.5. The molecule has 0 aromatic heterocycles. The van der Waals surface area contributed by atoms with E-state index in [9.17, 15) is 9.90 Å². The summed E-state index contributed by atoms with van der Waals surface area (Å²) in [5, 5.41) is 11.1. The van der Waals surface area contributed by atoms with Crippen LogP contribution < -0.4 is 0 Å². The van der Waals surface area contributed by atoms with E-state index < -0.39 is 6.10 Å². The highest BCUT2D eigenvalue weighted by Gasteiger charge is 2.38. The predicted octanol–water partition coefficient (Wildman–Crippen LogP) is 2.85. The van der Waals surface area contributed by atoms with Crippen LogP contribution in [0.3, 0.4) is 0 Å². The lowest BCUT2D eigenvalue weighted by Gasteiger charge is -2.44. The molecule has 0 saturated carbocycles. The summed E-state index contributed by atoms with van der Waals surface area (Å²) < 4.78 is 12.1. The van der Waals surface area contributed by atoms with Crippen molar-refractivity contribution in [2.24, 2.45) is 0 Å². The van der Waals surface area contributed by atoms with E-state index in [1.54, 1.807) is 0 Å². The lowest BCUT2D eigenvalue weighted by atomic mass is 9.94.